The van der Waals surface area contributed by atoms with Crippen LogP contribution in [0.15, 0.2) is 18.6 Å². The van der Waals surface area contributed by atoms with Crippen LogP contribution in [0.25, 0.3) is 5.65 Å². The minimum Gasteiger partial charge on any atom is -0.464 e. The first-order chi connectivity index (χ1) is 9.15. The summed E-state index contributed by atoms with van der Waals surface area (Å²) in [5.41, 5.74) is 0.662. The van der Waals surface area contributed by atoms with Crippen LogP contribution in [0.1, 0.15) is 13.8 Å². The summed E-state index contributed by atoms with van der Waals surface area (Å²) in [6, 6.07) is -0.486. The lowest BCUT2D eigenvalue weighted by molar-refractivity contribution is -0.143. The Morgan fingerprint density at radius 3 is 3.05 bits per heavy atom. The predicted molar refractivity (Wildman–Crippen MR) is 72.3 cm³/mol. The molecule has 7 heteroatoms. The first-order valence-corrected chi connectivity index (χ1v) is 6.10. The van der Waals surface area contributed by atoms with Crippen LogP contribution in [-0.2, 0) is 9.53 Å². The number of imidazole rings is 1. The molecule has 1 unspecified atom stereocenters. The molecule has 19 heavy (non-hydrogen) atoms. The third kappa shape index (κ3) is 2.75. The van der Waals surface area contributed by atoms with Crippen LogP contribution in [0, 0.1) is 0 Å². The molecule has 0 bridgehead atoms. The lowest BCUT2D eigenvalue weighted by atomic mass is 10.3. The van der Waals surface area contributed by atoms with Gasteiger partial charge in [-0.05, 0) is 13.8 Å². The fraction of sp³-hybridized carbons (Fsp3) is 0.417. The molecule has 2 aromatic rings. The second kappa shape index (κ2) is 5.55. The normalized spacial score (nSPS) is 12.2. The highest BCUT2D eigenvalue weighted by Crippen LogP contribution is 2.17. The van der Waals surface area contributed by atoms with E-state index >= 15 is 0 Å². The molecule has 2 N–H and O–H groups in total. The molecule has 102 valence electrons. The van der Waals surface area contributed by atoms with Crippen molar-refractivity contribution < 1.29 is 9.53 Å². The molecular weight excluding hydrogens is 246 g/mol. The van der Waals surface area contributed by atoms with Gasteiger partial charge in [0.2, 0.25) is 0 Å². The zero-order chi connectivity index (χ0) is 13.8. The molecule has 0 aliphatic rings. The average molecular weight is 263 g/mol. The van der Waals surface area contributed by atoms with E-state index in [9.17, 15) is 4.79 Å². The topological polar surface area (TPSA) is 80.5 Å². The zero-order valence-corrected chi connectivity index (χ0v) is 11.2. The molecule has 0 radical (unpaired) electrons. The summed E-state index contributed by atoms with van der Waals surface area (Å²) in [5.74, 6) is 0.908. The Kier molecular flexibility index (Phi) is 3.84. The minimum absolute atomic E-state index is 0.316. The Bertz CT molecular complexity index is 581. The molecule has 7 nitrogen and oxygen atoms in total. The average Bonchev–Trinajstić information content (AvgIpc) is 2.87. The van der Waals surface area contributed by atoms with E-state index in [0.29, 0.717) is 23.9 Å². The number of carbonyl (C=O) groups is 1. The summed E-state index contributed by atoms with van der Waals surface area (Å²) in [7, 11) is 1.78. The van der Waals surface area contributed by atoms with Crippen molar-refractivity contribution in [3.8, 4) is 0 Å². The maximum absolute atomic E-state index is 11.6. The molecule has 0 spiro atoms. The first kappa shape index (κ1) is 13.1. The van der Waals surface area contributed by atoms with Crippen molar-refractivity contribution in [2.45, 2.75) is 19.9 Å². The quantitative estimate of drug-likeness (QED) is 0.787. The number of hydrogen-bond donors (Lipinski definition) is 2. The van der Waals surface area contributed by atoms with E-state index in [1.807, 2.05) is 16.8 Å². The number of nitrogens with one attached hydrogen (secondary N) is 2. The van der Waals surface area contributed by atoms with Crippen molar-refractivity contribution in [1.29, 1.82) is 0 Å². The number of carbonyl (C=O) groups excluding carboxylic acids is 1. The highest BCUT2D eigenvalue weighted by atomic mass is 16.5. The van der Waals surface area contributed by atoms with Crippen LogP contribution in [0.2, 0.25) is 0 Å². The number of aromatic nitrogens is 3. The molecule has 0 aliphatic heterocycles. The van der Waals surface area contributed by atoms with E-state index in [0.717, 1.165) is 0 Å². The number of anilines is 2. The molecule has 1 atom stereocenters. The number of fused-ring (bicyclic) bond motifs is 1. The summed E-state index contributed by atoms with van der Waals surface area (Å²) in [4.78, 5) is 20.2. The Labute approximate surface area is 111 Å². The molecular formula is C12H17N5O2. The summed E-state index contributed by atoms with van der Waals surface area (Å²) in [5, 5.41) is 5.98. The van der Waals surface area contributed by atoms with Gasteiger partial charge in [-0.2, -0.15) is 0 Å². The monoisotopic (exact) mass is 263 g/mol. The smallest absolute Gasteiger partial charge is 0.328 e. The lowest BCUT2D eigenvalue weighted by Crippen LogP contribution is -2.29. The van der Waals surface area contributed by atoms with Gasteiger partial charge in [-0.3, -0.25) is 0 Å². The Morgan fingerprint density at radius 2 is 2.37 bits per heavy atom. The van der Waals surface area contributed by atoms with E-state index in [1.165, 1.54) is 0 Å². The largest absolute Gasteiger partial charge is 0.464 e. The van der Waals surface area contributed by atoms with Crippen LogP contribution < -0.4 is 10.6 Å². The van der Waals surface area contributed by atoms with Gasteiger partial charge in [-0.25, -0.2) is 14.8 Å². The molecule has 0 aliphatic carbocycles. The number of rotatable bonds is 5. The predicted octanol–water partition coefficient (Wildman–Crippen LogP) is 1.13. The summed E-state index contributed by atoms with van der Waals surface area (Å²) in [6.07, 6.45) is 5.32. The molecule has 0 amide bonds. The van der Waals surface area contributed by atoms with Gasteiger partial charge in [0.15, 0.2) is 11.5 Å². The molecule has 2 rings (SSSR count). The second-order valence-corrected chi connectivity index (χ2v) is 4.00. The van der Waals surface area contributed by atoms with Gasteiger partial charge in [0.25, 0.3) is 0 Å². The van der Waals surface area contributed by atoms with Crippen LogP contribution in [0.5, 0.6) is 0 Å². The van der Waals surface area contributed by atoms with E-state index < -0.39 is 6.04 Å². The van der Waals surface area contributed by atoms with Crippen LogP contribution >= 0.6 is 0 Å². The van der Waals surface area contributed by atoms with E-state index in [1.54, 1.807) is 27.1 Å². The Balaban J connectivity index is 2.28. The summed E-state index contributed by atoms with van der Waals surface area (Å²) < 4.78 is 6.79. The van der Waals surface area contributed by atoms with Crippen molar-refractivity contribution in [2.24, 2.45) is 0 Å². The maximum atomic E-state index is 11.6. The van der Waals surface area contributed by atoms with Gasteiger partial charge in [0, 0.05) is 19.4 Å². The van der Waals surface area contributed by atoms with E-state index in [2.05, 4.69) is 20.6 Å². The number of nitrogens with zero attached hydrogens (tertiary/aromatic N) is 3. The Hall–Kier alpha value is -2.31. The van der Waals surface area contributed by atoms with Gasteiger partial charge >= 0.3 is 5.97 Å². The van der Waals surface area contributed by atoms with E-state index in [4.69, 9.17) is 4.74 Å². The molecule has 2 aromatic heterocycles. The molecule has 0 fully saturated rings. The lowest BCUT2D eigenvalue weighted by Gasteiger charge is -2.14. The zero-order valence-electron chi connectivity index (χ0n) is 11.2. The maximum Gasteiger partial charge on any atom is 0.328 e. The summed E-state index contributed by atoms with van der Waals surface area (Å²) >= 11 is 0. The third-order valence-corrected chi connectivity index (χ3v) is 2.62. The first-order valence-electron chi connectivity index (χ1n) is 6.10. The van der Waals surface area contributed by atoms with Gasteiger partial charge in [-0.15, -0.1) is 0 Å². The fourth-order valence-electron chi connectivity index (χ4n) is 1.68. The van der Waals surface area contributed by atoms with Crippen LogP contribution in [-0.4, -0.2) is 40.0 Å². The fourth-order valence-corrected chi connectivity index (χ4v) is 1.68. The van der Waals surface area contributed by atoms with Gasteiger partial charge < -0.3 is 19.8 Å². The highest BCUT2D eigenvalue weighted by molar-refractivity contribution is 5.80. The third-order valence-electron chi connectivity index (χ3n) is 2.62. The van der Waals surface area contributed by atoms with Crippen molar-refractivity contribution in [1.82, 2.24) is 14.4 Å². The van der Waals surface area contributed by atoms with Crippen molar-refractivity contribution in [3.05, 3.63) is 18.6 Å². The van der Waals surface area contributed by atoms with Gasteiger partial charge in [0.05, 0.1) is 12.8 Å². The number of ether oxygens (including phenoxy) is 1. The standard InChI is InChI=1S/C12H17N5O2/c1-4-19-12(18)8(2)15-10-11-14-5-6-17(11)7-9(13-3)16-10/h5-8,13H,4H2,1-3H3,(H,15,16). The van der Waals surface area contributed by atoms with Crippen molar-refractivity contribution >= 4 is 23.3 Å². The number of hydrogen-bond acceptors (Lipinski definition) is 6. The number of esters is 1. The molecule has 0 saturated carbocycles. The van der Waals surface area contributed by atoms with Crippen molar-refractivity contribution in [2.75, 3.05) is 24.3 Å². The van der Waals surface area contributed by atoms with E-state index in [-0.39, 0.29) is 5.97 Å². The van der Waals surface area contributed by atoms with Gasteiger partial charge in [0.1, 0.15) is 11.9 Å². The molecule has 0 aromatic carbocycles. The van der Waals surface area contributed by atoms with Gasteiger partial charge in [-0.1, -0.05) is 0 Å². The Morgan fingerprint density at radius 1 is 1.58 bits per heavy atom. The van der Waals surface area contributed by atoms with Crippen LogP contribution in [0.4, 0.5) is 11.6 Å². The van der Waals surface area contributed by atoms with Crippen LogP contribution in [0.3, 0.4) is 0 Å². The minimum atomic E-state index is -0.486. The van der Waals surface area contributed by atoms with Crippen molar-refractivity contribution in [3.63, 3.8) is 0 Å². The highest BCUT2D eigenvalue weighted by Gasteiger charge is 2.16. The molecule has 2 heterocycles. The second-order valence-electron chi connectivity index (χ2n) is 4.00. The molecule has 0 saturated heterocycles. The SMILES string of the molecule is CCOC(=O)C(C)Nc1nc(NC)cn2ccnc12. The summed E-state index contributed by atoms with van der Waals surface area (Å²) in [6.45, 7) is 3.86.